The standard InChI is InChI=1S/C17H17FN4O4/c1-26-15-6-5-11(7-14(15)22-25)9-20-21-16(23)10-19-17(24)12-3-2-4-13(18)8-12/h2-9,22,25H,10H2,1H3,(H,19,24)(H,21,23)/b20-9+. The lowest BCUT2D eigenvalue weighted by Gasteiger charge is -2.07. The smallest absolute Gasteiger partial charge is 0.259 e. The van der Waals surface area contributed by atoms with Crippen LogP contribution in [0.25, 0.3) is 0 Å². The van der Waals surface area contributed by atoms with Crippen molar-refractivity contribution in [2.24, 2.45) is 5.10 Å². The molecule has 0 aliphatic heterocycles. The van der Waals surface area contributed by atoms with Gasteiger partial charge in [0.2, 0.25) is 0 Å². The van der Waals surface area contributed by atoms with E-state index in [1.807, 2.05) is 5.48 Å². The van der Waals surface area contributed by atoms with Crippen LogP contribution >= 0.6 is 0 Å². The summed E-state index contributed by atoms with van der Waals surface area (Å²) in [5, 5.41) is 15.1. The van der Waals surface area contributed by atoms with Crippen LogP contribution in [0.2, 0.25) is 0 Å². The van der Waals surface area contributed by atoms with Gasteiger partial charge >= 0.3 is 0 Å². The normalized spacial score (nSPS) is 10.4. The Labute approximate surface area is 148 Å². The molecule has 26 heavy (non-hydrogen) atoms. The molecule has 0 aromatic heterocycles. The first-order valence-corrected chi connectivity index (χ1v) is 7.47. The zero-order chi connectivity index (χ0) is 18.9. The Hall–Kier alpha value is -3.46. The molecule has 0 heterocycles. The summed E-state index contributed by atoms with van der Waals surface area (Å²) in [4.78, 5) is 23.5. The van der Waals surface area contributed by atoms with Crippen molar-refractivity contribution >= 4 is 23.7 Å². The minimum atomic E-state index is -0.572. The van der Waals surface area contributed by atoms with Gasteiger partial charge in [-0.05, 0) is 42.0 Å². The Morgan fingerprint density at radius 1 is 1.27 bits per heavy atom. The first-order valence-electron chi connectivity index (χ1n) is 7.47. The molecule has 0 radical (unpaired) electrons. The maximum absolute atomic E-state index is 13.0. The molecule has 0 bridgehead atoms. The van der Waals surface area contributed by atoms with Gasteiger partial charge in [0.05, 0.1) is 19.9 Å². The van der Waals surface area contributed by atoms with Gasteiger partial charge in [-0.1, -0.05) is 6.07 Å². The SMILES string of the molecule is COc1ccc(/C=N/NC(=O)CNC(=O)c2cccc(F)c2)cc1NO. The van der Waals surface area contributed by atoms with Crippen LogP contribution in [-0.2, 0) is 4.79 Å². The van der Waals surface area contributed by atoms with Gasteiger partial charge in [-0.15, -0.1) is 0 Å². The molecule has 0 saturated heterocycles. The Morgan fingerprint density at radius 2 is 2.08 bits per heavy atom. The highest BCUT2D eigenvalue weighted by Gasteiger charge is 2.08. The van der Waals surface area contributed by atoms with Gasteiger partial charge in [0.15, 0.2) is 0 Å². The Balaban J connectivity index is 1.85. The number of hydrogen-bond acceptors (Lipinski definition) is 6. The van der Waals surface area contributed by atoms with E-state index in [-0.39, 0.29) is 12.1 Å². The van der Waals surface area contributed by atoms with Crippen LogP contribution in [-0.4, -0.2) is 36.9 Å². The van der Waals surface area contributed by atoms with E-state index in [2.05, 4.69) is 15.8 Å². The Morgan fingerprint density at radius 3 is 2.77 bits per heavy atom. The number of methoxy groups -OCH3 is 1. The Bertz CT molecular complexity index is 826. The zero-order valence-corrected chi connectivity index (χ0v) is 13.8. The number of benzene rings is 2. The number of hydrazone groups is 1. The number of ether oxygens (including phenoxy) is 1. The predicted octanol–water partition coefficient (Wildman–Crippen LogP) is 1.52. The van der Waals surface area contributed by atoms with E-state index in [4.69, 9.17) is 9.94 Å². The number of rotatable bonds is 7. The number of hydrogen-bond donors (Lipinski definition) is 4. The highest BCUT2D eigenvalue weighted by Crippen LogP contribution is 2.23. The van der Waals surface area contributed by atoms with Gasteiger partial charge in [0.1, 0.15) is 17.3 Å². The summed E-state index contributed by atoms with van der Waals surface area (Å²) in [6.07, 6.45) is 1.35. The fourth-order valence-corrected chi connectivity index (χ4v) is 2.00. The molecule has 0 aliphatic rings. The number of halogens is 1. The summed E-state index contributed by atoms with van der Waals surface area (Å²) >= 11 is 0. The average molecular weight is 360 g/mol. The number of carbonyl (C=O) groups is 2. The highest BCUT2D eigenvalue weighted by atomic mass is 19.1. The fraction of sp³-hybridized carbons (Fsp3) is 0.118. The molecule has 8 nitrogen and oxygen atoms in total. The summed E-state index contributed by atoms with van der Waals surface area (Å²) in [5.74, 6) is -1.23. The second kappa shape index (κ2) is 9.14. The Kier molecular flexibility index (Phi) is 6.63. The summed E-state index contributed by atoms with van der Waals surface area (Å²) < 4.78 is 18.1. The van der Waals surface area contributed by atoms with Gasteiger partial charge in [0.25, 0.3) is 11.8 Å². The van der Waals surface area contributed by atoms with Crippen LogP contribution in [0.1, 0.15) is 15.9 Å². The third-order valence-corrected chi connectivity index (χ3v) is 3.24. The summed E-state index contributed by atoms with van der Waals surface area (Å²) in [5.41, 5.74) is 5.27. The quantitative estimate of drug-likeness (QED) is 0.442. The van der Waals surface area contributed by atoms with Gasteiger partial charge in [-0.3, -0.25) is 20.3 Å². The summed E-state index contributed by atoms with van der Waals surface area (Å²) in [6, 6.07) is 9.96. The van der Waals surface area contributed by atoms with Crippen molar-refractivity contribution in [3.8, 4) is 5.75 Å². The van der Waals surface area contributed by atoms with E-state index < -0.39 is 17.6 Å². The lowest BCUT2D eigenvalue weighted by atomic mass is 10.2. The van der Waals surface area contributed by atoms with Gasteiger partial charge in [-0.25, -0.2) is 9.82 Å². The van der Waals surface area contributed by atoms with E-state index in [0.29, 0.717) is 17.0 Å². The molecule has 0 aliphatic carbocycles. The fourth-order valence-electron chi connectivity index (χ4n) is 2.00. The maximum Gasteiger partial charge on any atom is 0.259 e. The highest BCUT2D eigenvalue weighted by molar-refractivity contribution is 5.96. The minimum absolute atomic E-state index is 0.114. The van der Waals surface area contributed by atoms with Crippen molar-refractivity contribution in [2.45, 2.75) is 0 Å². The van der Waals surface area contributed by atoms with Crippen LogP contribution in [0.3, 0.4) is 0 Å². The monoisotopic (exact) mass is 360 g/mol. The second-order valence-corrected chi connectivity index (χ2v) is 5.06. The average Bonchev–Trinajstić information content (AvgIpc) is 2.65. The van der Waals surface area contributed by atoms with Crippen LogP contribution < -0.4 is 21.0 Å². The van der Waals surface area contributed by atoms with Gasteiger partial charge in [-0.2, -0.15) is 5.10 Å². The number of carbonyl (C=O) groups excluding carboxylic acids is 2. The van der Waals surface area contributed by atoms with Crippen LogP contribution in [0.5, 0.6) is 5.75 Å². The molecule has 0 fully saturated rings. The molecular weight excluding hydrogens is 343 g/mol. The van der Waals surface area contributed by atoms with Crippen LogP contribution in [0.4, 0.5) is 10.1 Å². The minimum Gasteiger partial charge on any atom is -0.495 e. The lowest BCUT2D eigenvalue weighted by molar-refractivity contribution is -0.120. The molecule has 0 spiro atoms. The maximum atomic E-state index is 13.0. The van der Waals surface area contributed by atoms with Crippen molar-refractivity contribution in [1.29, 1.82) is 0 Å². The molecule has 0 saturated carbocycles. The number of nitrogens with one attached hydrogen (secondary N) is 3. The largest absolute Gasteiger partial charge is 0.495 e. The van der Waals surface area contributed by atoms with Crippen molar-refractivity contribution in [3.63, 3.8) is 0 Å². The molecule has 2 aromatic carbocycles. The third kappa shape index (κ3) is 5.28. The van der Waals surface area contributed by atoms with Gasteiger partial charge < -0.3 is 10.1 Å². The molecule has 0 unspecified atom stereocenters. The van der Waals surface area contributed by atoms with Crippen molar-refractivity contribution < 1.29 is 23.9 Å². The predicted molar refractivity (Wildman–Crippen MR) is 92.9 cm³/mol. The molecule has 9 heteroatoms. The van der Waals surface area contributed by atoms with Crippen LogP contribution in [0, 0.1) is 5.82 Å². The molecule has 136 valence electrons. The number of nitrogens with zero attached hydrogens (tertiary/aromatic N) is 1. The van der Waals surface area contributed by atoms with E-state index in [1.54, 1.807) is 18.2 Å². The third-order valence-electron chi connectivity index (χ3n) is 3.24. The number of anilines is 1. The number of amides is 2. The molecule has 2 aromatic rings. The van der Waals surface area contributed by atoms with Crippen molar-refractivity contribution in [2.75, 3.05) is 19.1 Å². The first kappa shape index (κ1) is 18.9. The molecular formula is C17H17FN4O4. The van der Waals surface area contributed by atoms with Crippen molar-refractivity contribution in [1.82, 2.24) is 10.7 Å². The summed E-state index contributed by atoms with van der Waals surface area (Å²) in [6.45, 7) is -0.321. The van der Waals surface area contributed by atoms with E-state index in [9.17, 15) is 14.0 Å². The molecule has 0 atom stereocenters. The molecule has 4 N–H and O–H groups in total. The molecule has 2 rings (SSSR count). The van der Waals surface area contributed by atoms with Crippen molar-refractivity contribution in [3.05, 3.63) is 59.4 Å². The van der Waals surface area contributed by atoms with E-state index in [0.717, 1.165) is 6.07 Å². The lowest BCUT2D eigenvalue weighted by Crippen LogP contribution is -2.34. The van der Waals surface area contributed by atoms with Crippen LogP contribution in [0.15, 0.2) is 47.6 Å². The summed E-state index contributed by atoms with van der Waals surface area (Å²) in [7, 11) is 1.46. The van der Waals surface area contributed by atoms with Gasteiger partial charge in [0, 0.05) is 5.56 Å². The second-order valence-electron chi connectivity index (χ2n) is 5.06. The van der Waals surface area contributed by atoms with E-state index >= 15 is 0 Å². The topological polar surface area (TPSA) is 112 Å². The van der Waals surface area contributed by atoms with E-state index in [1.165, 1.54) is 31.5 Å². The molecule has 2 amide bonds. The first-order chi connectivity index (χ1) is 12.5. The zero-order valence-electron chi connectivity index (χ0n) is 13.8.